The van der Waals surface area contributed by atoms with Crippen LogP contribution in [-0.4, -0.2) is 15.0 Å². The Bertz CT molecular complexity index is 1580. The van der Waals surface area contributed by atoms with Crippen LogP contribution in [0.5, 0.6) is 11.5 Å². The van der Waals surface area contributed by atoms with Crippen molar-refractivity contribution < 1.29 is 25.8 Å². The summed E-state index contributed by atoms with van der Waals surface area (Å²) < 4.78 is 6.30. The predicted molar refractivity (Wildman–Crippen MR) is 150 cm³/mol. The van der Waals surface area contributed by atoms with E-state index < -0.39 is 0 Å². The Morgan fingerprint density at radius 1 is 0.632 bits per heavy atom. The molecule has 0 unspecified atom stereocenters. The fourth-order valence-electron chi connectivity index (χ4n) is 4.21. The van der Waals surface area contributed by atoms with Gasteiger partial charge in [-0.05, 0) is 51.0 Å². The molecule has 0 aliphatic carbocycles. The topological polar surface area (TPSA) is 47.9 Å². The van der Waals surface area contributed by atoms with Crippen LogP contribution in [0.25, 0.3) is 33.4 Å². The zero-order chi connectivity index (χ0) is 26.2. The Hall–Kier alpha value is -3.36. The summed E-state index contributed by atoms with van der Waals surface area (Å²) in [4.78, 5) is 13.8. The quantitative estimate of drug-likeness (QED) is 0.179. The summed E-state index contributed by atoms with van der Waals surface area (Å²) in [6.45, 7) is 13.2. The van der Waals surface area contributed by atoms with E-state index in [2.05, 4.69) is 92.9 Å². The molecule has 0 radical (unpaired) electrons. The summed E-state index contributed by atoms with van der Waals surface area (Å²) >= 11 is 0. The van der Waals surface area contributed by atoms with Crippen LogP contribution in [0.4, 0.5) is 0 Å². The maximum atomic E-state index is 6.30. The van der Waals surface area contributed by atoms with E-state index in [-0.39, 0.29) is 31.9 Å². The number of pyridine rings is 3. The molecule has 4 nitrogen and oxygen atoms in total. The molecule has 2 aromatic carbocycles. The van der Waals surface area contributed by atoms with Crippen molar-refractivity contribution in [3.8, 4) is 34.0 Å². The average Bonchev–Trinajstić information content (AvgIpc) is 2.87. The minimum atomic E-state index is 0. The van der Waals surface area contributed by atoms with Gasteiger partial charge in [0.15, 0.2) is 0 Å². The van der Waals surface area contributed by atoms with Crippen LogP contribution in [0.3, 0.4) is 0 Å². The van der Waals surface area contributed by atoms with E-state index in [0.29, 0.717) is 11.5 Å². The number of hydrogen-bond acceptors (Lipinski definition) is 4. The Kier molecular flexibility index (Phi) is 7.85. The molecule has 0 aliphatic rings. The fourth-order valence-corrected chi connectivity index (χ4v) is 4.21. The van der Waals surface area contributed by atoms with Gasteiger partial charge in [-0.3, -0.25) is 4.98 Å². The fraction of sp³-hybridized carbons (Fsp3) is 0.242. The monoisotopic (exact) mass is 680 g/mol. The first kappa shape index (κ1) is 27.7. The van der Waals surface area contributed by atoms with E-state index in [1.54, 1.807) is 6.20 Å². The van der Waals surface area contributed by atoms with Gasteiger partial charge >= 0.3 is 21.1 Å². The number of fused-ring (bicyclic) bond motifs is 1. The van der Waals surface area contributed by atoms with Crippen molar-refractivity contribution in [2.75, 3.05) is 0 Å². The smallest absolute Gasteiger partial charge is 0.496 e. The molecule has 0 fully saturated rings. The minimum Gasteiger partial charge on any atom is -0.496 e. The van der Waals surface area contributed by atoms with Crippen LogP contribution in [-0.2, 0) is 31.9 Å². The van der Waals surface area contributed by atoms with Crippen molar-refractivity contribution in [1.82, 2.24) is 15.0 Å². The Morgan fingerprint density at radius 3 is 1.97 bits per heavy atom. The molecule has 0 spiro atoms. The van der Waals surface area contributed by atoms with E-state index in [1.165, 1.54) is 11.1 Å². The van der Waals surface area contributed by atoms with Crippen LogP contribution < -0.4 is 4.74 Å². The van der Waals surface area contributed by atoms with Gasteiger partial charge in [0.1, 0.15) is 0 Å². The van der Waals surface area contributed by atoms with E-state index in [4.69, 9.17) is 4.74 Å². The normalized spacial score (nSPS) is 11.7. The van der Waals surface area contributed by atoms with Crippen LogP contribution in [0.15, 0.2) is 79.3 Å². The molecule has 0 atom stereocenters. The number of aromatic nitrogens is 3. The van der Waals surface area contributed by atoms with Gasteiger partial charge in [0, 0.05) is 30.1 Å². The van der Waals surface area contributed by atoms with E-state index in [9.17, 15) is 0 Å². The van der Waals surface area contributed by atoms with Crippen molar-refractivity contribution in [1.29, 1.82) is 0 Å². The minimum absolute atomic E-state index is 0. The molecule has 0 N–H and O–H groups in total. The zero-order valence-electron chi connectivity index (χ0n) is 22.6. The summed E-state index contributed by atoms with van der Waals surface area (Å²) in [6, 6.07) is 27.0. The Morgan fingerprint density at radius 2 is 1.29 bits per heavy atom. The number of ether oxygens (including phenoxy) is 1. The van der Waals surface area contributed by atoms with E-state index in [0.717, 1.165) is 33.4 Å². The van der Waals surface area contributed by atoms with Gasteiger partial charge in [0.2, 0.25) is 0 Å². The molecule has 0 saturated carbocycles. The number of rotatable bonds is 4. The molecule has 3 aromatic heterocycles. The first-order chi connectivity index (χ1) is 17.6. The van der Waals surface area contributed by atoms with E-state index in [1.807, 2.05) is 48.8 Å². The van der Waals surface area contributed by atoms with Gasteiger partial charge in [0.25, 0.3) is 0 Å². The van der Waals surface area contributed by atoms with Gasteiger partial charge < -0.3 is 14.7 Å². The molecule has 3 heterocycles. The van der Waals surface area contributed by atoms with E-state index >= 15 is 0 Å². The maximum absolute atomic E-state index is 6.30. The first-order valence-corrected chi connectivity index (χ1v) is 12.5. The van der Waals surface area contributed by atoms with Crippen molar-refractivity contribution in [2.24, 2.45) is 0 Å². The second-order valence-electron chi connectivity index (χ2n) is 11.3. The standard InChI is InChI=1S/C33H31N3O.Pt/c1-32(2,3)23-12-15-35-29(18-23)22-9-7-10-25(17-22)37-26-20-28(27-11-8-14-34-31(27)21-26)30-19-24(13-16-36-30)33(4,5)6;/h7-16,18-19,21H,1-6H3;/q-2;+2. The molecule has 0 amide bonds. The van der Waals surface area contributed by atoms with Crippen LogP contribution in [0.2, 0.25) is 0 Å². The third kappa shape index (κ3) is 6.02. The second kappa shape index (κ2) is 10.8. The van der Waals surface area contributed by atoms with Gasteiger partial charge in [-0.2, -0.15) is 0 Å². The largest absolute Gasteiger partial charge is 2.00 e. The van der Waals surface area contributed by atoms with Gasteiger partial charge in [-0.15, -0.1) is 29.3 Å². The molecule has 0 aliphatic heterocycles. The molecule has 0 saturated heterocycles. The molecular formula is C33H31N3OPt. The summed E-state index contributed by atoms with van der Waals surface area (Å²) in [5, 5.41) is 0.981. The molecule has 5 rings (SSSR count). The first-order valence-electron chi connectivity index (χ1n) is 12.5. The van der Waals surface area contributed by atoms with Crippen LogP contribution >= 0.6 is 0 Å². The number of hydrogen-bond donors (Lipinski definition) is 0. The number of benzene rings is 2. The van der Waals surface area contributed by atoms with Crippen molar-refractivity contribution in [2.45, 2.75) is 52.4 Å². The maximum Gasteiger partial charge on any atom is 2.00 e. The number of nitrogens with zero attached hydrogens (tertiary/aromatic N) is 3. The average molecular weight is 681 g/mol. The van der Waals surface area contributed by atoms with Crippen LogP contribution in [0.1, 0.15) is 52.7 Å². The zero-order valence-corrected chi connectivity index (χ0v) is 24.8. The molecular weight excluding hydrogens is 649 g/mol. The third-order valence-corrected chi connectivity index (χ3v) is 6.40. The Labute approximate surface area is 239 Å². The predicted octanol–water partition coefficient (Wildman–Crippen LogP) is 8.34. The molecule has 0 bridgehead atoms. The summed E-state index contributed by atoms with van der Waals surface area (Å²) in [6.07, 6.45) is 5.50. The van der Waals surface area contributed by atoms with Crippen molar-refractivity contribution in [3.05, 3.63) is 103 Å². The van der Waals surface area contributed by atoms with Crippen molar-refractivity contribution in [3.63, 3.8) is 0 Å². The molecule has 5 heteroatoms. The Balaban J connectivity index is 0.00000336. The van der Waals surface area contributed by atoms with Crippen molar-refractivity contribution >= 4 is 10.9 Å². The third-order valence-electron chi connectivity index (χ3n) is 6.40. The molecule has 38 heavy (non-hydrogen) atoms. The van der Waals surface area contributed by atoms with Gasteiger partial charge in [-0.1, -0.05) is 89.4 Å². The SMILES string of the molecule is CC(C)(C)c1ccnc(-c2[c-]c(Oc3[c-]c(-c4cc(C(C)(C)C)ccn4)c4cccnc4c3)ccc2)c1.[Pt+2]. The summed E-state index contributed by atoms with van der Waals surface area (Å²) in [7, 11) is 0. The molecule has 194 valence electrons. The summed E-state index contributed by atoms with van der Waals surface area (Å²) in [5.41, 5.74) is 6.75. The summed E-state index contributed by atoms with van der Waals surface area (Å²) in [5.74, 6) is 1.16. The molecule has 5 aromatic rings. The second-order valence-corrected chi connectivity index (χ2v) is 11.3. The van der Waals surface area contributed by atoms with Gasteiger partial charge in [-0.25, -0.2) is 0 Å². The van der Waals surface area contributed by atoms with Gasteiger partial charge in [0.05, 0.1) is 0 Å². The van der Waals surface area contributed by atoms with Crippen LogP contribution in [0, 0.1) is 12.1 Å².